The average molecular weight is 596 g/mol. The van der Waals surface area contributed by atoms with Crippen LogP contribution in [0.1, 0.15) is 83.4 Å². The Morgan fingerprint density at radius 2 is 1.66 bits per heavy atom. The lowest BCUT2D eigenvalue weighted by Crippen LogP contribution is -2.49. The van der Waals surface area contributed by atoms with Crippen LogP contribution in [0.2, 0.25) is 0 Å². The molecule has 0 saturated carbocycles. The highest BCUT2D eigenvalue weighted by molar-refractivity contribution is 6.04. The quantitative estimate of drug-likeness (QED) is 0.329. The van der Waals surface area contributed by atoms with Gasteiger partial charge in [0.1, 0.15) is 11.6 Å². The first kappa shape index (κ1) is 28.6. The fourth-order valence-electron chi connectivity index (χ4n) is 8.25. The lowest BCUT2D eigenvalue weighted by molar-refractivity contribution is 0.0598. The summed E-state index contributed by atoms with van der Waals surface area (Å²) in [4.78, 5) is 42.7. The van der Waals surface area contributed by atoms with Gasteiger partial charge in [-0.1, -0.05) is 24.3 Å². The predicted octanol–water partition coefficient (Wildman–Crippen LogP) is 4.80. The number of benzene rings is 2. The molecule has 7 rings (SSSR count). The van der Waals surface area contributed by atoms with E-state index in [1.165, 1.54) is 36.8 Å². The van der Waals surface area contributed by atoms with Crippen molar-refractivity contribution in [3.05, 3.63) is 89.5 Å². The molecule has 228 valence electrons. The number of imidazole rings is 1. The van der Waals surface area contributed by atoms with Crippen molar-refractivity contribution in [3.63, 3.8) is 0 Å². The number of rotatable bonds is 7. The number of piperidine rings is 2. The maximum atomic E-state index is 14.5. The van der Waals surface area contributed by atoms with Crippen LogP contribution in [0.3, 0.4) is 0 Å². The van der Waals surface area contributed by atoms with Crippen LogP contribution in [-0.2, 0) is 5.41 Å². The Hall–Kier alpha value is -4.18. The molecule has 3 aliphatic rings. The summed E-state index contributed by atoms with van der Waals surface area (Å²) in [5.74, 6) is -0.278. The van der Waals surface area contributed by atoms with Crippen LogP contribution in [-0.4, -0.2) is 72.9 Å². The van der Waals surface area contributed by atoms with Crippen LogP contribution in [0.25, 0.3) is 11.0 Å². The molecule has 9 nitrogen and oxygen atoms in total. The molecule has 2 amide bonds. The van der Waals surface area contributed by atoms with E-state index in [4.69, 9.17) is 10.7 Å². The van der Waals surface area contributed by atoms with E-state index in [1.54, 1.807) is 17.0 Å². The highest BCUT2D eigenvalue weighted by Crippen LogP contribution is 2.45. The fourth-order valence-corrected chi connectivity index (χ4v) is 8.25. The topological polar surface area (TPSA) is 110 Å². The lowest BCUT2D eigenvalue weighted by atomic mass is 9.70. The molecular formula is C34H38FN7O2. The maximum absolute atomic E-state index is 14.5. The fraction of sp³-hybridized carbons (Fsp3) is 0.441. The molecule has 0 aliphatic carbocycles. The molecule has 2 unspecified atom stereocenters. The van der Waals surface area contributed by atoms with Crippen molar-refractivity contribution in [2.24, 2.45) is 5.73 Å². The number of para-hydroxylation sites is 2. The number of nitrogens with two attached hydrogens (primary N) is 1. The van der Waals surface area contributed by atoms with E-state index in [2.05, 4.69) is 44.6 Å². The summed E-state index contributed by atoms with van der Waals surface area (Å²) >= 11 is 0. The van der Waals surface area contributed by atoms with Crippen molar-refractivity contribution in [2.75, 3.05) is 19.6 Å². The van der Waals surface area contributed by atoms with Gasteiger partial charge >= 0.3 is 0 Å². The van der Waals surface area contributed by atoms with Gasteiger partial charge in [0.05, 0.1) is 11.0 Å². The van der Waals surface area contributed by atoms with Crippen molar-refractivity contribution >= 4 is 22.8 Å². The number of hydrogen-bond acceptors (Lipinski definition) is 6. The van der Waals surface area contributed by atoms with Crippen LogP contribution >= 0.6 is 0 Å². The Balaban J connectivity index is 1.08. The minimum Gasteiger partial charge on any atom is -0.364 e. The van der Waals surface area contributed by atoms with E-state index < -0.39 is 5.91 Å². The van der Waals surface area contributed by atoms with Crippen molar-refractivity contribution in [3.8, 4) is 0 Å². The Kier molecular flexibility index (Phi) is 7.40. The van der Waals surface area contributed by atoms with Crippen molar-refractivity contribution in [1.29, 1.82) is 0 Å². The molecule has 2 bridgehead atoms. The summed E-state index contributed by atoms with van der Waals surface area (Å²) in [5.41, 5.74) is 8.35. The lowest BCUT2D eigenvalue weighted by Gasteiger charge is -2.45. The van der Waals surface area contributed by atoms with Crippen LogP contribution in [0.15, 0.2) is 60.9 Å². The van der Waals surface area contributed by atoms with E-state index >= 15 is 0 Å². The molecule has 44 heavy (non-hydrogen) atoms. The molecule has 10 heteroatoms. The van der Waals surface area contributed by atoms with Crippen LogP contribution in [0.4, 0.5) is 4.39 Å². The summed E-state index contributed by atoms with van der Waals surface area (Å²) in [7, 11) is 0. The van der Waals surface area contributed by atoms with Crippen LogP contribution in [0.5, 0.6) is 0 Å². The molecule has 2 N–H and O–H groups in total. The summed E-state index contributed by atoms with van der Waals surface area (Å²) in [5, 5.41) is 0. The Morgan fingerprint density at radius 1 is 0.955 bits per heavy atom. The van der Waals surface area contributed by atoms with Gasteiger partial charge in [-0.3, -0.25) is 14.5 Å². The van der Waals surface area contributed by atoms with E-state index in [1.807, 2.05) is 12.1 Å². The molecule has 2 aromatic heterocycles. The highest BCUT2D eigenvalue weighted by Gasteiger charge is 2.44. The smallest absolute Gasteiger partial charge is 0.274 e. The largest absolute Gasteiger partial charge is 0.364 e. The first-order valence-electron chi connectivity index (χ1n) is 15.7. The van der Waals surface area contributed by atoms with Gasteiger partial charge in [-0.25, -0.2) is 19.3 Å². The SMILES string of the molecule is Cc1nc2ccccc2n1C1CC2CCC(C1)N2CCC1(c2cccc(F)c2)CCN(C(=O)c2nccnc2C(N)=O)CC1. The first-order valence-corrected chi connectivity index (χ1v) is 15.7. The molecule has 0 spiro atoms. The number of nitrogens with zero attached hydrogens (tertiary/aromatic N) is 6. The van der Waals surface area contributed by atoms with Crippen molar-refractivity contribution < 1.29 is 14.0 Å². The van der Waals surface area contributed by atoms with E-state index in [-0.39, 0.29) is 28.5 Å². The third-order valence-corrected chi connectivity index (χ3v) is 10.4. The van der Waals surface area contributed by atoms with Crippen LogP contribution < -0.4 is 5.73 Å². The van der Waals surface area contributed by atoms with Gasteiger partial charge in [-0.2, -0.15) is 0 Å². The highest BCUT2D eigenvalue weighted by atomic mass is 19.1. The number of fused-ring (bicyclic) bond motifs is 3. The third-order valence-electron chi connectivity index (χ3n) is 10.4. The molecule has 2 atom stereocenters. The number of aromatic nitrogens is 4. The van der Waals surface area contributed by atoms with E-state index in [0.717, 1.165) is 42.7 Å². The number of aryl methyl sites for hydroxylation is 1. The van der Waals surface area contributed by atoms with Gasteiger partial charge in [0.2, 0.25) is 0 Å². The zero-order valence-electron chi connectivity index (χ0n) is 25.0. The number of primary amides is 1. The predicted molar refractivity (Wildman–Crippen MR) is 165 cm³/mol. The second kappa shape index (κ2) is 11.4. The van der Waals surface area contributed by atoms with Gasteiger partial charge in [0.25, 0.3) is 11.8 Å². The summed E-state index contributed by atoms with van der Waals surface area (Å²) in [6, 6.07) is 16.9. The minimum absolute atomic E-state index is 0.0152. The number of amides is 2. The number of likely N-dealkylation sites (tertiary alicyclic amines) is 1. The van der Waals surface area contributed by atoms with Crippen LogP contribution in [0, 0.1) is 12.7 Å². The second-order valence-electron chi connectivity index (χ2n) is 12.7. The second-order valence-corrected chi connectivity index (χ2v) is 12.7. The third kappa shape index (κ3) is 5.04. The standard InChI is InChI=1S/C34H38FN7O2/c1-22-39-28-7-2-3-8-29(28)42(22)27-20-25-9-10-26(21-27)41(25)18-13-34(23-5-4-6-24(35)19-23)11-16-40(17-12-34)33(44)31-30(32(36)43)37-14-15-38-31/h2-8,14-15,19,25-27H,9-13,16-18,20-21H2,1H3,(H2,36,43). The Morgan fingerprint density at radius 3 is 2.36 bits per heavy atom. The monoisotopic (exact) mass is 595 g/mol. The molecule has 3 aliphatic heterocycles. The zero-order valence-corrected chi connectivity index (χ0v) is 25.0. The summed E-state index contributed by atoms with van der Waals surface area (Å²) in [6.07, 6.45) is 9.64. The molecular weight excluding hydrogens is 557 g/mol. The zero-order chi connectivity index (χ0) is 30.4. The maximum Gasteiger partial charge on any atom is 0.274 e. The average Bonchev–Trinajstić information content (AvgIpc) is 3.50. The molecule has 4 aromatic rings. The normalized spacial score (nSPS) is 23.2. The number of carbonyl (C=O) groups excluding carboxylic acids is 2. The Labute approximate surface area is 256 Å². The first-order chi connectivity index (χ1) is 21.3. The van der Waals surface area contributed by atoms with E-state index in [9.17, 15) is 14.0 Å². The Bertz CT molecular complexity index is 1700. The number of carbonyl (C=O) groups is 2. The number of halogens is 1. The summed E-state index contributed by atoms with van der Waals surface area (Å²) in [6.45, 7) is 4.01. The number of hydrogen-bond donors (Lipinski definition) is 1. The molecule has 0 radical (unpaired) electrons. The van der Waals surface area contributed by atoms with Crippen molar-refractivity contribution in [2.45, 2.75) is 75.4 Å². The van der Waals surface area contributed by atoms with Gasteiger partial charge in [0.15, 0.2) is 11.4 Å². The molecule has 2 aromatic carbocycles. The summed E-state index contributed by atoms with van der Waals surface area (Å²) < 4.78 is 17.0. The molecule has 3 fully saturated rings. The van der Waals surface area contributed by atoms with Crippen molar-refractivity contribution in [1.82, 2.24) is 29.3 Å². The van der Waals surface area contributed by atoms with Gasteiger partial charge in [0, 0.05) is 43.6 Å². The van der Waals surface area contributed by atoms with E-state index in [0.29, 0.717) is 44.1 Å². The molecule has 3 saturated heterocycles. The molecule has 5 heterocycles. The minimum atomic E-state index is -0.776. The van der Waals surface area contributed by atoms with Gasteiger partial charge in [-0.15, -0.1) is 0 Å². The van der Waals surface area contributed by atoms with Gasteiger partial charge < -0.3 is 15.2 Å². The van der Waals surface area contributed by atoms with Gasteiger partial charge in [-0.05, 0) is 93.7 Å².